The normalized spacial score (nSPS) is 26.8. The fraction of sp³-hybridized carbons (Fsp3) is 0.412. The molecule has 1 aliphatic carbocycles. The molecule has 130 valence electrons. The molecule has 2 rings (SSSR count). The van der Waals surface area contributed by atoms with Gasteiger partial charge in [0.1, 0.15) is 10.4 Å². The van der Waals surface area contributed by atoms with Crippen molar-refractivity contribution in [3.05, 3.63) is 44.9 Å². The van der Waals surface area contributed by atoms with E-state index in [1.165, 1.54) is 6.08 Å². The Bertz CT molecular complexity index is 655. The SMILES string of the molecule is CCOC(=O)[C@@H]1C(=O)C[C@@](O)(c2ccc(Br)cc2)C[C@@H]1C=C(Cl)Cl. The van der Waals surface area contributed by atoms with Gasteiger partial charge in [-0.25, -0.2) is 0 Å². The molecular weight excluding hydrogens is 419 g/mol. The summed E-state index contributed by atoms with van der Waals surface area (Å²) < 4.78 is 5.80. The van der Waals surface area contributed by atoms with E-state index < -0.39 is 23.4 Å². The summed E-state index contributed by atoms with van der Waals surface area (Å²) in [4.78, 5) is 24.7. The van der Waals surface area contributed by atoms with Crippen molar-refractivity contribution in [2.45, 2.75) is 25.4 Å². The summed E-state index contributed by atoms with van der Waals surface area (Å²) in [6, 6.07) is 7.05. The third kappa shape index (κ3) is 4.39. The minimum atomic E-state index is -1.38. The van der Waals surface area contributed by atoms with E-state index >= 15 is 0 Å². The molecule has 0 heterocycles. The molecular formula is C17H17BrCl2O4. The molecule has 1 saturated carbocycles. The third-order valence-electron chi connectivity index (χ3n) is 4.08. The number of hydrogen-bond acceptors (Lipinski definition) is 4. The summed E-state index contributed by atoms with van der Waals surface area (Å²) in [6.45, 7) is 1.84. The Labute approximate surface area is 158 Å². The van der Waals surface area contributed by atoms with E-state index in [-0.39, 0.29) is 29.7 Å². The summed E-state index contributed by atoms with van der Waals surface area (Å²) in [5.74, 6) is -2.64. The van der Waals surface area contributed by atoms with Crippen molar-refractivity contribution < 1.29 is 19.4 Å². The maximum Gasteiger partial charge on any atom is 0.317 e. The standard InChI is InChI=1S/C17H17BrCl2O4/c1-2-24-16(22)15-10(7-14(19)20)8-17(23,9-13(15)21)11-3-5-12(18)6-4-11/h3-7,10,15,23H,2,8-9H2,1H3/t10-,15-,17+/m0/s1. The molecule has 0 aromatic heterocycles. The summed E-state index contributed by atoms with van der Waals surface area (Å²) in [6.07, 6.45) is 1.40. The summed E-state index contributed by atoms with van der Waals surface area (Å²) in [5.41, 5.74) is -0.781. The first-order valence-corrected chi connectivity index (χ1v) is 9.02. The zero-order valence-corrected chi connectivity index (χ0v) is 16.1. The summed E-state index contributed by atoms with van der Waals surface area (Å²) in [7, 11) is 0. The molecule has 0 radical (unpaired) electrons. The lowest BCUT2D eigenvalue weighted by Gasteiger charge is -2.38. The maximum atomic E-state index is 12.6. The van der Waals surface area contributed by atoms with E-state index in [1.54, 1.807) is 31.2 Å². The third-order valence-corrected chi connectivity index (χ3v) is 4.86. The van der Waals surface area contributed by atoms with Crippen LogP contribution in [0.25, 0.3) is 0 Å². The molecule has 0 unspecified atom stereocenters. The van der Waals surface area contributed by atoms with Crippen LogP contribution in [-0.4, -0.2) is 23.5 Å². The smallest absolute Gasteiger partial charge is 0.317 e. The van der Waals surface area contributed by atoms with Crippen molar-refractivity contribution >= 4 is 50.9 Å². The van der Waals surface area contributed by atoms with Crippen molar-refractivity contribution in [1.29, 1.82) is 0 Å². The number of benzene rings is 1. The molecule has 0 amide bonds. The van der Waals surface area contributed by atoms with Crippen molar-refractivity contribution in [2.24, 2.45) is 11.8 Å². The Hall–Kier alpha value is -0.880. The van der Waals surface area contributed by atoms with Crippen LogP contribution < -0.4 is 0 Å². The van der Waals surface area contributed by atoms with E-state index in [0.29, 0.717) is 5.56 Å². The van der Waals surface area contributed by atoms with Crippen molar-refractivity contribution in [2.75, 3.05) is 6.61 Å². The monoisotopic (exact) mass is 434 g/mol. The molecule has 1 N–H and O–H groups in total. The lowest BCUT2D eigenvalue weighted by atomic mass is 9.68. The predicted molar refractivity (Wildman–Crippen MR) is 95.7 cm³/mol. The number of Topliss-reactive ketones (excluding diaryl/α,β-unsaturated/α-hetero) is 1. The second kappa shape index (κ2) is 8.00. The van der Waals surface area contributed by atoms with Crippen LogP contribution in [0.3, 0.4) is 0 Å². The van der Waals surface area contributed by atoms with Gasteiger partial charge in [0.25, 0.3) is 0 Å². The second-order valence-electron chi connectivity index (χ2n) is 5.74. The first-order chi connectivity index (χ1) is 11.3. The predicted octanol–water partition coefficient (Wildman–Crippen LogP) is 4.11. The van der Waals surface area contributed by atoms with Gasteiger partial charge in [-0.1, -0.05) is 51.3 Å². The van der Waals surface area contributed by atoms with Crippen LogP contribution in [0, 0.1) is 11.8 Å². The van der Waals surface area contributed by atoms with Gasteiger partial charge in [0, 0.05) is 16.8 Å². The zero-order valence-electron chi connectivity index (χ0n) is 13.0. The highest BCUT2D eigenvalue weighted by molar-refractivity contribution is 9.10. The highest BCUT2D eigenvalue weighted by atomic mass is 79.9. The summed E-state index contributed by atoms with van der Waals surface area (Å²) >= 11 is 14.8. The van der Waals surface area contributed by atoms with Gasteiger partial charge in [-0.3, -0.25) is 9.59 Å². The molecule has 0 saturated heterocycles. The number of hydrogen-bond donors (Lipinski definition) is 1. The fourth-order valence-corrected chi connectivity index (χ4v) is 3.64. The molecule has 24 heavy (non-hydrogen) atoms. The van der Waals surface area contributed by atoms with Gasteiger partial charge in [-0.2, -0.15) is 0 Å². The number of ketones is 1. The lowest BCUT2D eigenvalue weighted by Crippen LogP contribution is -2.45. The quantitative estimate of drug-likeness (QED) is 0.570. The van der Waals surface area contributed by atoms with Crippen LogP contribution >= 0.6 is 39.1 Å². The zero-order chi connectivity index (χ0) is 17.9. The van der Waals surface area contributed by atoms with Crippen LogP contribution in [-0.2, 0) is 19.9 Å². The van der Waals surface area contributed by atoms with Gasteiger partial charge in [-0.05, 0) is 37.1 Å². The number of allylic oxidation sites excluding steroid dienone is 1. The van der Waals surface area contributed by atoms with E-state index in [1.807, 2.05) is 0 Å². The average molecular weight is 436 g/mol. The van der Waals surface area contributed by atoms with Gasteiger partial charge in [-0.15, -0.1) is 0 Å². The Morgan fingerprint density at radius 2 is 2.04 bits per heavy atom. The average Bonchev–Trinajstić information content (AvgIpc) is 2.46. The molecule has 0 bridgehead atoms. The molecule has 0 aliphatic heterocycles. The van der Waals surface area contributed by atoms with Crippen molar-refractivity contribution in [1.82, 2.24) is 0 Å². The number of rotatable bonds is 4. The highest BCUT2D eigenvalue weighted by Crippen LogP contribution is 2.43. The number of halogens is 3. The van der Waals surface area contributed by atoms with Gasteiger partial charge in [0.15, 0.2) is 5.78 Å². The van der Waals surface area contributed by atoms with Crippen LogP contribution in [0.15, 0.2) is 39.3 Å². The largest absolute Gasteiger partial charge is 0.465 e. The minimum absolute atomic E-state index is 0.0536. The second-order valence-corrected chi connectivity index (χ2v) is 7.66. The Balaban J connectivity index is 2.37. The molecule has 1 fully saturated rings. The molecule has 1 aliphatic rings. The van der Waals surface area contributed by atoms with Gasteiger partial charge in [0.05, 0.1) is 12.2 Å². The van der Waals surface area contributed by atoms with E-state index in [4.69, 9.17) is 27.9 Å². The number of esters is 1. The topological polar surface area (TPSA) is 63.6 Å². The van der Waals surface area contributed by atoms with Crippen molar-refractivity contribution in [3.8, 4) is 0 Å². The Kier molecular flexibility index (Phi) is 6.48. The van der Waals surface area contributed by atoms with Crippen LogP contribution in [0.4, 0.5) is 0 Å². The van der Waals surface area contributed by atoms with Gasteiger partial charge < -0.3 is 9.84 Å². The molecule has 1 aromatic carbocycles. The number of aliphatic hydroxyl groups is 1. The minimum Gasteiger partial charge on any atom is -0.465 e. The lowest BCUT2D eigenvalue weighted by molar-refractivity contribution is -0.159. The molecule has 0 spiro atoms. The first-order valence-electron chi connectivity index (χ1n) is 7.47. The molecule has 3 atom stereocenters. The van der Waals surface area contributed by atoms with Crippen LogP contribution in [0.5, 0.6) is 0 Å². The molecule has 1 aromatic rings. The van der Waals surface area contributed by atoms with Crippen LogP contribution in [0.1, 0.15) is 25.3 Å². The first kappa shape index (κ1) is 19.4. The van der Waals surface area contributed by atoms with E-state index in [0.717, 1.165) is 4.47 Å². The molecule has 4 nitrogen and oxygen atoms in total. The number of carbonyl (C=O) groups excluding carboxylic acids is 2. The highest BCUT2D eigenvalue weighted by Gasteiger charge is 2.48. The number of ether oxygens (including phenoxy) is 1. The van der Waals surface area contributed by atoms with Gasteiger partial charge in [0.2, 0.25) is 0 Å². The number of carbonyl (C=O) groups is 2. The van der Waals surface area contributed by atoms with Crippen molar-refractivity contribution in [3.63, 3.8) is 0 Å². The Morgan fingerprint density at radius 3 is 2.58 bits per heavy atom. The Morgan fingerprint density at radius 1 is 1.42 bits per heavy atom. The summed E-state index contributed by atoms with van der Waals surface area (Å²) in [5, 5.41) is 11.0. The van der Waals surface area contributed by atoms with E-state index in [2.05, 4.69) is 15.9 Å². The van der Waals surface area contributed by atoms with E-state index in [9.17, 15) is 14.7 Å². The van der Waals surface area contributed by atoms with Crippen LogP contribution in [0.2, 0.25) is 0 Å². The molecule has 7 heteroatoms. The maximum absolute atomic E-state index is 12.6. The fourth-order valence-electron chi connectivity index (χ4n) is 3.05. The van der Waals surface area contributed by atoms with Gasteiger partial charge >= 0.3 is 5.97 Å².